The van der Waals surface area contributed by atoms with E-state index in [0.717, 1.165) is 122 Å². The Balaban J connectivity index is 4.09. The molecule has 0 aliphatic heterocycles. The Hall–Kier alpha value is -4.19. The van der Waals surface area contributed by atoms with Gasteiger partial charge in [0, 0.05) is 19.3 Å². The predicted octanol–water partition coefficient (Wildman–Crippen LogP) is 23.9. The molecule has 0 spiro atoms. The fourth-order valence-corrected chi connectivity index (χ4v) is 9.55. The summed E-state index contributed by atoms with van der Waals surface area (Å²) in [6.07, 6.45) is 96.8. The van der Waals surface area contributed by atoms with E-state index in [-0.39, 0.29) is 31.1 Å². The molecule has 1 unspecified atom stereocenters. The summed E-state index contributed by atoms with van der Waals surface area (Å²) in [6.45, 7) is 6.47. The van der Waals surface area contributed by atoms with Gasteiger partial charge in [0.05, 0.1) is 0 Å². The van der Waals surface area contributed by atoms with Gasteiger partial charge in [-0.3, -0.25) is 14.4 Å². The Morgan fingerprint density at radius 1 is 0.256 bits per heavy atom. The molecule has 0 bridgehead atoms. The Morgan fingerprint density at radius 2 is 0.476 bits per heavy atom. The topological polar surface area (TPSA) is 78.9 Å². The van der Waals surface area contributed by atoms with Crippen molar-refractivity contribution in [1.29, 1.82) is 0 Å². The van der Waals surface area contributed by atoms with Crippen molar-refractivity contribution in [1.82, 2.24) is 0 Å². The van der Waals surface area contributed by atoms with Crippen LogP contribution >= 0.6 is 0 Å². The van der Waals surface area contributed by atoms with Crippen LogP contribution in [0.2, 0.25) is 0 Å². The summed E-state index contributed by atoms with van der Waals surface area (Å²) in [7, 11) is 0. The number of ether oxygens (including phenoxy) is 3. The van der Waals surface area contributed by atoms with E-state index in [2.05, 4.69) is 142 Å². The summed E-state index contributed by atoms with van der Waals surface area (Å²) >= 11 is 0. The van der Waals surface area contributed by atoms with Gasteiger partial charge in [0.25, 0.3) is 0 Å². The molecule has 1 atom stereocenters. The number of allylic oxidation sites excluding steroid dienone is 20. The Morgan fingerprint density at radius 3 is 0.744 bits per heavy atom. The van der Waals surface area contributed by atoms with Crippen LogP contribution in [0.25, 0.3) is 0 Å². The lowest BCUT2D eigenvalue weighted by atomic mass is 10.0. The average molecular weight is 1140 g/mol. The highest BCUT2D eigenvalue weighted by Gasteiger charge is 2.19. The summed E-state index contributed by atoms with van der Waals surface area (Å²) in [6, 6.07) is 0. The molecule has 0 aliphatic rings. The van der Waals surface area contributed by atoms with Crippen molar-refractivity contribution in [3.05, 3.63) is 122 Å². The largest absolute Gasteiger partial charge is 0.462 e. The van der Waals surface area contributed by atoms with E-state index in [1.807, 2.05) is 0 Å². The summed E-state index contributed by atoms with van der Waals surface area (Å²) in [4.78, 5) is 38.1. The van der Waals surface area contributed by atoms with E-state index < -0.39 is 6.10 Å². The number of carbonyl (C=O) groups excluding carboxylic acids is 3. The van der Waals surface area contributed by atoms with Crippen LogP contribution in [-0.4, -0.2) is 37.2 Å². The van der Waals surface area contributed by atoms with Gasteiger partial charge in [-0.25, -0.2) is 0 Å². The Labute approximate surface area is 507 Å². The first kappa shape index (κ1) is 77.8. The van der Waals surface area contributed by atoms with Crippen molar-refractivity contribution < 1.29 is 28.6 Å². The van der Waals surface area contributed by atoms with Gasteiger partial charge < -0.3 is 14.2 Å². The minimum atomic E-state index is -0.782. The molecule has 82 heavy (non-hydrogen) atoms. The van der Waals surface area contributed by atoms with Crippen LogP contribution in [0.15, 0.2) is 122 Å². The molecule has 0 amide bonds. The summed E-state index contributed by atoms with van der Waals surface area (Å²) in [5.41, 5.74) is 0. The van der Waals surface area contributed by atoms with Gasteiger partial charge in [-0.2, -0.15) is 0 Å². The van der Waals surface area contributed by atoms with E-state index in [1.54, 1.807) is 0 Å². The smallest absolute Gasteiger partial charge is 0.306 e. The normalized spacial score (nSPS) is 12.9. The second kappa shape index (κ2) is 69.3. The number of esters is 3. The maximum atomic E-state index is 12.9. The van der Waals surface area contributed by atoms with Gasteiger partial charge >= 0.3 is 17.9 Å². The molecule has 0 aromatic rings. The molecule has 0 aliphatic carbocycles. The van der Waals surface area contributed by atoms with Crippen LogP contribution in [0.4, 0.5) is 0 Å². The first-order valence-corrected chi connectivity index (χ1v) is 34.5. The van der Waals surface area contributed by atoms with E-state index in [1.165, 1.54) is 161 Å². The standard InChI is InChI=1S/C76H128O6/c1-4-7-10-13-16-18-20-22-24-26-28-30-32-34-36-37-38-39-41-42-44-46-48-50-52-54-56-58-60-63-66-69-75(78)81-72-73(71-80-74(77)68-65-62-15-12-9-6-3)82-76(79)70-67-64-61-59-57-55-53-51-49-47-45-43-40-35-33-31-29-27-25-23-21-19-17-14-11-8-5-2/h7,10,16,18,21-24,27-30,33-36,38-39,42,44,73H,4-6,8-9,11-15,17,19-20,25-26,31-32,37,40-41,43,45-72H2,1-3H3/b10-7-,18-16-,23-21-,24-22-,29-27-,30-28-,35-33-,36-34-,39-38-,44-42-. The molecule has 0 fully saturated rings. The van der Waals surface area contributed by atoms with E-state index in [9.17, 15) is 14.4 Å². The highest BCUT2D eigenvalue weighted by Crippen LogP contribution is 2.16. The third-order valence-electron chi connectivity index (χ3n) is 14.7. The average Bonchev–Trinajstić information content (AvgIpc) is 3.47. The molecule has 0 saturated heterocycles. The first-order valence-electron chi connectivity index (χ1n) is 34.5. The molecule has 468 valence electrons. The highest BCUT2D eigenvalue weighted by molar-refractivity contribution is 5.71. The Kier molecular flexibility index (Phi) is 65.8. The van der Waals surface area contributed by atoms with Gasteiger partial charge in [-0.15, -0.1) is 0 Å². The monoisotopic (exact) mass is 1140 g/mol. The van der Waals surface area contributed by atoms with Gasteiger partial charge in [0.15, 0.2) is 6.10 Å². The molecule has 6 nitrogen and oxygen atoms in total. The third kappa shape index (κ3) is 66.6. The van der Waals surface area contributed by atoms with Crippen LogP contribution in [-0.2, 0) is 28.6 Å². The van der Waals surface area contributed by atoms with Gasteiger partial charge in [-0.05, 0) is 116 Å². The zero-order chi connectivity index (χ0) is 59.2. The lowest BCUT2D eigenvalue weighted by molar-refractivity contribution is -0.167. The number of rotatable bonds is 62. The van der Waals surface area contributed by atoms with E-state index in [0.29, 0.717) is 19.3 Å². The maximum Gasteiger partial charge on any atom is 0.306 e. The summed E-state index contributed by atoms with van der Waals surface area (Å²) in [5, 5.41) is 0. The SMILES string of the molecule is CC/C=C\C/C=C\C/C=C\C/C=C\C/C=C\C/C=C\C/C=C\CCCCCCCCCCCC(=O)OCC(COC(=O)CCCCCCCC)OC(=O)CCCCCCCCCCCCCC/C=C\C/C=C\C/C=C\CCCCCCC. The summed E-state index contributed by atoms with van der Waals surface area (Å²) < 4.78 is 16.8. The zero-order valence-corrected chi connectivity index (χ0v) is 53.7. The second-order valence-corrected chi connectivity index (χ2v) is 22.7. The van der Waals surface area contributed by atoms with E-state index in [4.69, 9.17) is 14.2 Å². The van der Waals surface area contributed by atoms with Crippen molar-refractivity contribution in [2.24, 2.45) is 0 Å². The number of unbranched alkanes of at least 4 members (excludes halogenated alkanes) is 31. The van der Waals surface area contributed by atoms with Gasteiger partial charge in [0.1, 0.15) is 13.2 Å². The molecule has 0 heterocycles. The molecule has 0 rings (SSSR count). The maximum absolute atomic E-state index is 12.9. The molecule has 0 aromatic carbocycles. The molecular formula is C76H128O6. The minimum Gasteiger partial charge on any atom is -0.462 e. The first-order chi connectivity index (χ1) is 40.5. The van der Waals surface area contributed by atoms with Crippen LogP contribution in [0, 0.1) is 0 Å². The fourth-order valence-electron chi connectivity index (χ4n) is 9.55. The lowest BCUT2D eigenvalue weighted by Crippen LogP contribution is -2.30. The van der Waals surface area contributed by atoms with Crippen LogP contribution in [0.1, 0.15) is 323 Å². The second-order valence-electron chi connectivity index (χ2n) is 22.7. The van der Waals surface area contributed by atoms with Crippen LogP contribution in [0.5, 0.6) is 0 Å². The number of hydrogen-bond acceptors (Lipinski definition) is 6. The van der Waals surface area contributed by atoms with Crippen molar-refractivity contribution in [2.75, 3.05) is 13.2 Å². The van der Waals surface area contributed by atoms with E-state index >= 15 is 0 Å². The lowest BCUT2D eigenvalue weighted by Gasteiger charge is -2.18. The number of carbonyl (C=O) groups is 3. The predicted molar refractivity (Wildman–Crippen MR) is 357 cm³/mol. The Bertz CT molecular complexity index is 1690. The highest BCUT2D eigenvalue weighted by atomic mass is 16.6. The van der Waals surface area contributed by atoms with Crippen molar-refractivity contribution in [3.8, 4) is 0 Å². The van der Waals surface area contributed by atoms with Gasteiger partial charge in [0.2, 0.25) is 0 Å². The van der Waals surface area contributed by atoms with Crippen molar-refractivity contribution >= 4 is 17.9 Å². The molecule has 6 heteroatoms. The van der Waals surface area contributed by atoms with Crippen LogP contribution < -0.4 is 0 Å². The van der Waals surface area contributed by atoms with Crippen molar-refractivity contribution in [3.63, 3.8) is 0 Å². The quantitative estimate of drug-likeness (QED) is 0.0261. The molecule has 0 aromatic heterocycles. The third-order valence-corrected chi connectivity index (χ3v) is 14.7. The molecule has 0 N–H and O–H groups in total. The molecule has 0 radical (unpaired) electrons. The zero-order valence-electron chi connectivity index (χ0n) is 53.7. The van der Waals surface area contributed by atoms with Crippen LogP contribution in [0.3, 0.4) is 0 Å². The molecular weight excluding hydrogens is 1010 g/mol. The fraction of sp³-hybridized carbons (Fsp3) is 0.697. The number of hydrogen-bond donors (Lipinski definition) is 0. The van der Waals surface area contributed by atoms with Gasteiger partial charge in [-0.1, -0.05) is 309 Å². The van der Waals surface area contributed by atoms with Crippen molar-refractivity contribution in [2.45, 2.75) is 329 Å². The minimum absolute atomic E-state index is 0.0806. The molecule has 0 saturated carbocycles. The summed E-state index contributed by atoms with van der Waals surface area (Å²) in [5.74, 6) is -0.891.